The second-order valence-electron chi connectivity index (χ2n) is 4.81. The first kappa shape index (κ1) is 25.6. The molecule has 0 N–H and O–H groups in total. The van der Waals surface area contributed by atoms with E-state index >= 15 is 0 Å². The Morgan fingerprint density at radius 3 is 1.62 bits per heavy atom. The van der Waals surface area contributed by atoms with Crippen molar-refractivity contribution in [3.63, 3.8) is 0 Å². The molecular weight excluding hydrogens is 296 g/mol. The molecule has 0 aromatic rings. The number of halogens is 1. The molecule has 0 saturated heterocycles. The Balaban J connectivity index is -0.000000234. The van der Waals surface area contributed by atoms with E-state index in [0.717, 1.165) is 19.6 Å². The number of hydrogen-bond acceptors (Lipinski definition) is 5. The molecule has 0 aromatic carbocycles. The molecule has 0 radical (unpaired) electrons. The number of hydrogen-bond donors (Lipinski definition) is 0. The van der Waals surface area contributed by atoms with Gasteiger partial charge in [-0.3, -0.25) is 0 Å². The van der Waals surface area contributed by atoms with E-state index in [2.05, 4.69) is 23.3 Å². The minimum absolute atomic E-state index is 0.250. The first-order valence-corrected chi connectivity index (χ1v) is 7.42. The normalized spacial score (nSPS) is 12.5. The molecule has 0 spiro atoms. The molecular formula is C15H33ClO5. The summed E-state index contributed by atoms with van der Waals surface area (Å²) in [5, 5.41) is 0.250. The van der Waals surface area contributed by atoms with Crippen LogP contribution in [0.5, 0.6) is 0 Å². The van der Waals surface area contributed by atoms with E-state index in [1.165, 1.54) is 14.2 Å². The van der Waals surface area contributed by atoms with Gasteiger partial charge in [-0.2, -0.15) is 0 Å². The molecule has 0 rings (SSSR count). The van der Waals surface area contributed by atoms with Gasteiger partial charge in [-0.05, 0) is 26.2 Å². The molecule has 2 unspecified atom stereocenters. The molecule has 0 aromatic heterocycles. The minimum atomic E-state index is -0.444. The molecule has 0 heterocycles. The Labute approximate surface area is 135 Å². The molecule has 0 fully saturated rings. The zero-order chi connectivity index (χ0) is 17.3. The van der Waals surface area contributed by atoms with E-state index in [9.17, 15) is 4.79 Å². The van der Waals surface area contributed by atoms with E-state index in [4.69, 9.17) is 21.1 Å². The van der Waals surface area contributed by atoms with Crippen LogP contribution in [0.4, 0.5) is 0 Å². The zero-order valence-corrected chi connectivity index (χ0v) is 15.5. The fraction of sp³-hybridized carbons (Fsp3) is 0.933. The molecule has 0 aliphatic heterocycles. The molecule has 130 valence electrons. The van der Waals surface area contributed by atoms with Gasteiger partial charge in [0, 0.05) is 39.9 Å². The quantitative estimate of drug-likeness (QED) is 0.531. The first-order chi connectivity index (χ1) is 9.76. The average molecular weight is 329 g/mol. The van der Waals surface area contributed by atoms with Crippen molar-refractivity contribution >= 4 is 17.6 Å². The second-order valence-corrected chi connectivity index (χ2v) is 5.56. The van der Waals surface area contributed by atoms with Crippen molar-refractivity contribution in [1.82, 2.24) is 0 Å². The Bertz CT molecular complexity index is 210. The van der Waals surface area contributed by atoms with Gasteiger partial charge >= 0.3 is 5.97 Å². The SMILES string of the molecule is COC(=O)C(C)OC.COCC(C)C.COCCC(C)Cl. The predicted molar refractivity (Wildman–Crippen MR) is 87.0 cm³/mol. The molecule has 0 aliphatic carbocycles. The summed E-state index contributed by atoms with van der Waals surface area (Å²) in [7, 11) is 6.19. The lowest BCUT2D eigenvalue weighted by molar-refractivity contribution is -0.151. The van der Waals surface area contributed by atoms with Crippen molar-refractivity contribution < 1.29 is 23.7 Å². The highest BCUT2D eigenvalue weighted by atomic mass is 35.5. The lowest BCUT2D eigenvalue weighted by atomic mass is 10.2. The predicted octanol–water partition coefficient (Wildman–Crippen LogP) is 3.13. The van der Waals surface area contributed by atoms with Crippen molar-refractivity contribution in [3.05, 3.63) is 0 Å². The van der Waals surface area contributed by atoms with Gasteiger partial charge in [0.2, 0.25) is 0 Å². The van der Waals surface area contributed by atoms with Crippen LogP contribution in [0.2, 0.25) is 0 Å². The largest absolute Gasteiger partial charge is 0.467 e. The van der Waals surface area contributed by atoms with Crippen LogP contribution in [-0.4, -0.2) is 59.1 Å². The summed E-state index contributed by atoms with van der Waals surface area (Å²) in [5.41, 5.74) is 0. The monoisotopic (exact) mass is 328 g/mol. The van der Waals surface area contributed by atoms with Crippen molar-refractivity contribution in [2.45, 2.75) is 45.6 Å². The fourth-order valence-corrected chi connectivity index (χ4v) is 0.965. The lowest BCUT2D eigenvalue weighted by Gasteiger charge is -2.04. The smallest absolute Gasteiger partial charge is 0.334 e. The molecule has 0 saturated carbocycles. The third-order valence-electron chi connectivity index (χ3n) is 2.11. The minimum Gasteiger partial charge on any atom is -0.467 e. The maximum absolute atomic E-state index is 10.4. The molecule has 0 aliphatic rings. The van der Waals surface area contributed by atoms with Gasteiger partial charge < -0.3 is 18.9 Å². The fourth-order valence-electron chi connectivity index (χ4n) is 0.876. The van der Waals surface area contributed by atoms with Crippen molar-refractivity contribution in [2.75, 3.05) is 41.7 Å². The maximum atomic E-state index is 10.4. The molecule has 21 heavy (non-hydrogen) atoms. The van der Waals surface area contributed by atoms with Crippen molar-refractivity contribution in [2.24, 2.45) is 5.92 Å². The molecule has 5 nitrogen and oxygen atoms in total. The first-order valence-electron chi connectivity index (χ1n) is 6.99. The number of ether oxygens (including phenoxy) is 4. The molecule has 6 heteroatoms. The Morgan fingerprint density at radius 2 is 1.52 bits per heavy atom. The van der Waals surface area contributed by atoms with Crippen LogP contribution in [0.15, 0.2) is 0 Å². The number of alkyl halides is 1. The Kier molecular flexibility index (Phi) is 23.9. The number of esters is 1. The third-order valence-corrected chi connectivity index (χ3v) is 2.32. The van der Waals surface area contributed by atoms with Crippen LogP contribution in [0.1, 0.15) is 34.1 Å². The summed E-state index contributed by atoms with van der Waals surface area (Å²) in [4.78, 5) is 10.4. The summed E-state index contributed by atoms with van der Waals surface area (Å²) in [6, 6.07) is 0. The Morgan fingerprint density at radius 1 is 1.00 bits per heavy atom. The highest BCUT2D eigenvalue weighted by Gasteiger charge is 2.09. The highest BCUT2D eigenvalue weighted by Crippen LogP contribution is 1.97. The van der Waals surface area contributed by atoms with Gasteiger partial charge in [0.05, 0.1) is 7.11 Å². The zero-order valence-electron chi connectivity index (χ0n) is 14.8. The number of carbonyl (C=O) groups is 1. The maximum Gasteiger partial charge on any atom is 0.334 e. The second kappa shape index (κ2) is 19.6. The van der Waals surface area contributed by atoms with Gasteiger partial charge in [-0.15, -0.1) is 11.6 Å². The van der Waals surface area contributed by atoms with E-state index in [-0.39, 0.29) is 11.3 Å². The van der Waals surface area contributed by atoms with Gasteiger partial charge in [0.1, 0.15) is 0 Å². The van der Waals surface area contributed by atoms with Crippen LogP contribution in [0.3, 0.4) is 0 Å². The number of carbonyl (C=O) groups excluding carboxylic acids is 1. The topological polar surface area (TPSA) is 54.0 Å². The molecule has 2 atom stereocenters. The van der Waals surface area contributed by atoms with Crippen LogP contribution in [0, 0.1) is 5.92 Å². The summed E-state index contributed by atoms with van der Waals surface area (Å²) in [6.07, 6.45) is 0.498. The van der Waals surface area contributed by atoms with Gasteiger partial charge in [-0.1, -0.05) is 13.8 Å². The Hall–Kier alpha value is -0.360. The highest BCUT2D eigenvalue weighted by molar-refractivity contribution is 6.20. The summed E-state index contributed by atoms with van der Waals surface area (Å²) < 4.78 is 18.5. The standard InChI is InChI=1S/C5H11ClO.C5H10O3.C5H12O/c1-5(6)3-4-7-2;1-4(7-2)5(6)8-3;1-5(2)4-6-3/h5H,3-4H2,1-2H3;4H,1-3H3;5H,4H2,1-3H3. The molecule has 0 amide bonds. The third kappa shape index (κ3) is 28.5. The number of methoxy groups -OCH3 is 4. The van der Waals surface area contributed by atoms with Crippen LogP contribution in [-0.2, 0) is 23.7 Å². The average Bonchev–Trinajstić information content (AvgIpc) is 2.44. The summed E-state index contributed by atoms with van der Waals surface area (Å²) in [5.74, 6) is 0.336. The van der Waals surface area contributed by atoms with E-state index in [0.29, 0.717) is 5.92 Å². The molecule has 0 bridgehead atoms. The van der Waals surface area contributed by atoms with E-state index in [1.807, 2.05) is 6.92 Å². The summed E-state index contributed by atoms with van der Waals surface area (Å²) in [6.45, 7) is 9.49. The van der Waals surface area contributed by atoms with Crippen molar-refractivity contribution in [1.29, 1.82) is 0 Å². The van der Waals surface area contributed by atoms with E-state index in [1.54, 1.807) is 21.1 Å². The van der Waals surface area contributed by atoms with Gasteiger partial charge in [-0.25, -0.2) is 4.79 Å². The van der Waals surface area contributed by atoms with Crippen LogP contribution in [0.25, 0.3) is 0 Å². The van der Waals surface area contributed by atoms with E-state index < -0.39 is 6.10 Å². The summed E-state index contributed by atoms with van der Waals surface area (Å²) >= 11 is 5.58. The lowest BCUT2D eigenvalue weighted by Crippen LogP contribution is -2.19. The number of rotatable bonds is 7. The van der Waals surface area contributed by atoms with Gasteiger partial charge in [0.15, 0.2) is 6.10 Å². The van der Waals surface area contributed by atoms with Crippen LogP contribution < -0.4 is 0 Å². The van der Waals surface area contributed by atoms with Crippen molar-refractivity contribution in [3.8, 4) is 0 Å². The van der Waals surface area contributed by atoms with Crippen LogP contribution >= 0.6 is 11.6 Å². The van der Waals surface area contributed by atoms with Gasteiger partial charge in [0.25, 0.3) is 0 Å².